The summed E-state index contributed by atoms with van der Waals surface area (Å²) in [4.78, 5) is 9.42. The molecule has 2 aromatic rings. The van der Waals surface area contributed by atoms with Crippen LogP contribution in [0.1, 0.15) is 56.6 Å². The van der Waals surface area contributed by atoms with Crippen molar-refractivity contribution in [1.29, 1.82) is 0 Å². The lowest BCUT2D eigenvalue weighted by molar-refractivity contribution is 0.460. The van der Waals surface area contributed by atoms with Crippen molar-refractivity contribution in [3.8, 4) is 0 Å². The molecule has 0 bridgehead atoms. The highest BCUT2D eigenvalue weighted by Crippen LogP contribution is 2.40. The summed E-state index contributed by atoms with van der Waals surface area (Å²) in [5.41, 5.74) is 1.91. The van der Waals surface area contributed by atoms with Crippen molar-refractivity contribution in [1.82, 2.24) is 9.97 Å². The Morgan fingerprint density at radius 3 is 2.44 bits per heavy atom. The molecule has 0 aliphatic heterocycles. The summed E-state index contributed by atoms with van der Waals surface area (Å²) >= 11 is 12.3. The molecule has 0 radical (unpaired) electrons. The van der Waals surface area contributed by atoms with Crippen molar-refractivity contribution in [3.63, 3.8) is 0 Å². The second-order valence-corrected chi connectivity index (χ2v) is 7.85. The molecule has 25 heavy (non-hydrogen) atoms. The summed E-state index contributed by atoms with van der Waals surface area (Å²) < 4.78 is 0. The van der Waals surface area contributed by atoms with E-state index < -0.39 is 0 Å². The lowest BCUT2D eigenvalue weighted by Gasteiger charge is -2.23. The van der Waals surface area contributed by atoms with E-state index in [-0.39, 0.29) is 0 Å². The Kier molecular flexibility index (Phi) is 5.00. The van der Waals surface area contributed by atoms with Gasteiger partial charge in [0, 0.05) is 23.0 Å². The molecule has 1 aromatic heterocycles. The topological polar surface area (TPSA) is 49.8 Å². The molecule has 0 saturated heterocycles. The minimum absolute atomic E-state index is 0.482. The Balaban J connectivity index is 1.57. The summed E-state index contributed by atoms with van der Waals surface area (Å²) in [6.07, 6.45) is 8.72. The maximum absolute atomic E-state index is 6.28. The van der Waals surface area contributed by atoms with Crippen LogP contribution in [-0.4, -0.2) is 16.0 Å². The number of hydrogen-bond donors (Lipinski definition) is 2. The zero-order valence-electron chi connectivity index (χ0n) is 14.1. The van der Waals surface area contributed by atoms with Crippen LogP contribution in [-0.2, 0) is 0 Å². The Labute approximate surface area is 158 Å². The van der Waals surface area contributed by atoms with E-state index in [1.165, 1.54) is 44.9 Å². The molecule has 1 aromatic carbocycles. The zero-order chi connectivity index (χ0) is 17.2. The minimum Gasteiger partial charge on any atom is -0.351 e. The van der Waals surface area contributed by atoms with E-state index in [0.717, 1.165) is 23.1 Å². The number of aromatic nitrogens is 2. The summed E-state index contributed by atoms with van der Waals surface area (Å²) in [6.45, 7) is 0. The van der Waals surface area contributed by atoms with E-state index in [1.807, 2.05) is 18.2 Å². The van der Waals surface area contributed by atoms with Gasteiger partial charge in [-0.25, -0.2) is 4.98 Å². The Hall–Kier alpha value is -1.52. The largest absolute Gasteiger partial charge is 0.351 e. The fourth-order valence-corrected chi connectivity index (χ4v) is 3.80. The van der Waals surface area contributed by atoms with Crippen molar-refractivity contribution in [2.45, 2.75) is 56.9 Å². The van der Waals surface area contributed by atoms with Crippen LogP contribution in [0.2, 0.25) is 10.0 Å². The first-order chi connectivity index (χ1) is 12.2. The Bertz CT molecular complexity index is 755. The molecule has 2 aliphatic carbocycles. The second kappa shape index (κ2) is 7.38. The van der Waals surface area contributed by atoms with E-state index in [1.54, 1.807) is 6.07 Å². The van der Waals surface area contributed by atoms with Crippen molar-refractivity contribution < 1.29 is 0 Å². The van der Waals surface area contributed by atoms with E-state index in [2.05, 4.69) is 15.6 Å². The normalized spacial score (nSPS) is 18.2. The third-order valence-corrected chi connectivity index (χ3v) is 5.42. The molecule has 0 amide bonds. The first kappa shape index (κ1) is 16.9. The highest BCUT2D eigenvalue weighted by molar-refractivity contribution is 6.36. The van der Waals surface area contributed by atoms with Gasteiger partial charge in [-0.05, 0) is 43.9 Å². The number of anilines is 3. The molecular formula is C19H22Cl2N4. The summed E-state index contributed by atoms with van der Waals surface area (Å²) in [7, 11) is 0. The molecule has 132 valence electrons. The molecule has 0 unspecified atom stereocenters. The SMILES string of the molecule is Clc1ccc(Nc2cc(C3CC3)nc(NC3CCCCC3)n2)c(Cl)c1. The molecule has 4 nitrogen and oxygen atoms in total. The fraction of sp³-hybridized carbons (Fsp3) is 0.474. The predicted molar refractivity (Wildman–Crippen MR) is 104 cm³/mol. The zero-order valence-corrected chi connectivity index (χ0v) is 15.6. The quantitative estimate of drug-likeness (QED) is 0.656. The second-order valence-electron chi connectivity index (χ2n) is 7.00. The van der Waals surface area contributed by atoms with Crippen molar-refractivity contribution in [2.24, 2.45) is 0 Å². The maximum Gasteiger partial charge on any atom is 0.225 e. The molecule has 0 spiro atoms. The molecule has 2 fully saturated rings. The first-order valence-electron chi connectivity index (χ1n) is 9.05. The van der Waals surface area contributed by atoms with E-state index in [4.69, 9.17) is 28.2 Å². The summed E-state index contributed by atoms with van der Waals surface area (Å²) in [5, 5.41) is 8.06. The van der Waals surface area contributed by atoms with Gasteiger partial charge in [-0.2, -0.15) is 4.98 Å². The third-order valence-electron chi connectivity index (χ3n) is 4.87. The Morgan fingerprint density at radius 2 is 1.72 bits per heavy atom. The van der Waals surface area contributed by atoms with Crippen LogP contribution in [0.4, 0.5) is 17.5 Å². The van der Waals surface area contributed by atoms with E-state index in [9.17, 15) is 0 Å². The van der Waals surface area contributed by atoms with Gasteiger partial charge in [-0.15, -0.1) is 0 Å². The Morgan fingerprint density at radius 1 is 0.920 bits per heavy atom. The number of rotatable bonds is 5. The van der Waals surface area contributed by atoms with Crippen molar-refractivity contribution >= 4 is 40.7 Å². The minimum atomic E-state index is 0.482. The maximum atomic E-state index is 6.28. The van der Waals surface area contributed by atoms with Crippen LogP contribution in [0.15, 0.2) is 24.3 Å². The van der Waals surface area contributed by atoms with Crippen LogP contribution in [0, 0.1) is 0 Å². The van der Waals surface area contributed by atoms with Crippen molar-refractivity contribution in [3.05, 3.63) is 40.0 Å². The van der Waals surface area contributed by atoms with Crippen LogP contribution in [0.3, 0.4) is 0 Å². The molecule has 1 heterocycles. The van der Waals surface area contributed by atoms with Gasteiger partial charge in [-0.3, -0.25) is 0 Å². The monoisotopic (exact) mass is 376 g/mol. The van der Waals surface area contributed by atoms with Gasteiger partial charge in [0.15, 0.2) is 0 Å². The average molecular weight is 377 g/mol. The van der Waals surface area contributed by atoms with Crippen molar-refractivity contribution in [2.75, 3.05) is 10.6 Å². The van der Waals surface area contributed by atoms with Crippen LogP contribution in [0.5, 0.6) is 0 Å². The lowest BCUT2D eigenvalue weighted by Crippen LogP contribution is -2.23. The fourth-order valence-electron chi connectivity index (χ4n) is 3.34. The van der Waals surface area contributed by atoms with Gasteiger partial charge in [0.25, 0.3) is 0 Å². The molecule has 0 atom stereocenters. The summed E-state index contributed by atoms with van der Waals surface area (Å²) in [6, 6.07) is 7.94. The smallest absolute Gasteiger partial charge is 0.225 e. The number of hydrogen-bond acceptors (Lipinski definition) is 4. The molecule has 2 aliphatic rings. The number of benzene rings is 1. The van der Waals surface area contributed by atoms with E-state index in [0.29, 0.717) is 22.0 Å². The highest BCUT2D eigenvalue weighted by Gasteiger charge is 2.26. The van der Waals surface area contributed by atoms with E-state index >= 15 is 0 Å². The highest BCUT2D eigenvalue weighted by atomic mass is 35.5. The standard InChI is InChI=1S/C19H22Cl2N4/c20-13-8-9-16(15(21)10-13)23-18-11-17(12-6-7-12)24-19(25-18)22-14-4-2-1-3-5-14/h8-12,14H,1-7H2,(H2,22,23,24,25). The molecule has 4 rings (SSSR count). The lowest BCUT2D eigenvalue weighted by atomic mass is 9.96. The third kappa shape index (κ3) is 4.36. The molecular weight excluding hydrogens is 355 g/mol. The first-order valence-corrected chi connectivity index (χ1v) is 9.80. The van der Waals surface area contributed by atoms with Gasteiger partial charge in [-0.1, -0.05) is 42.5 Å². The molecule has 2 N–H and O–H groups in total. The van der Waals surface area contributed by atoms with Gasteiger partial charge in [0.2, 0.25) is 5.95 Å². The van der Waals surface area contributed by atoms with Gasteiger partial charge in [0.1, 0.15) is 5.82 Å². The van der Waals surface area contributed by atoms with Gasteiger partial charge >= 0.3 is 0 Å². The molecule has 6 heteroatoms. The van der Waals surface area contributed by atoms with Gasteiger partial charge in [0.05, 0.1) is 16.4 Å². The number of halogens is 2. The number of nitrogens with zero attached hydrogens (tertiary/aromatic N) is 2. The predicted octanol–water partition coefficient (Wildman–Crippen LogP) is 6.15. The average Bonchev–Trinajstić information content (AvgIpc) is 3.43. The van der Waals surface area contributed by atoms with Crippen LogP contribution < -0.4 is 10.6 Å². The number of nitrogens with one attached hydrogen (secondary N) is 2. The van der Waals surface area contributed by atoms with Gasteiger partial charge < -0.3 is 10.6 Å². The van der Waals surface area contributed by atoms with Crippen LogP contribution in [0.25, 0.3) is 0 Å². The van der Waals surface area contributed by atoms with Crippen LogP contribution >= 0.6 is 23.2 Å². The summed E-state index contributed by atoms with van der Waals surface area (Å²) in [5.74, 6) is 2.07. The molecule has 2 saturated carbocycles.